The van der Waals surface area contributed by atoms with E-state index < -0.39 is 0 Å². The van der Waals surface area contributed by atoms with Gasteiger partial charge in [0.05, 0.1) is 5.69 Å². The third-order valence-corrected chi connectivity index (χ3v) is 4.84. The number of nitrogens with one attached hydrogen (secondary N) is 1. The summed E-state index contributed by atoms with van der Waals surface area (Å²) in [5.74, 6) is 1.15. The van der Waals surface area contributed by atoms with Crippen molar-refractivity contribution in [1.29, 1.82) is 0 Å². The maximum atomic E-state index is 12.5. The maximum absolute atomic E-state index is 12.5. The van der Waals surface area contributed by atoms with Crippen molar-refractivity contribution in [3.05, 3.63) is 63.8 Å². The Labute approximate surface area is 167 Å². The van der Waals surface area contributed by atoms with Gasteiger partial charge < -0.3 is 10.1 Å². The van der Waals surface area contributed by atoms with E-state index in [2.05, 4.69) is 26.3 Å². The van der Waals surface area contributed by atoms with Crippen LogP contribution in [0.2, 0.25) is 0 Å². The molecule has 1 amide bonds. The van der Waals surface area contributed by atoms with Gasteiger partial charge in [0.1, 0.15) is 11.6 Å². The van der Waals surface area contributed by atoms with Crippen LogP contribution in [-0.4, -0.2) is 22.3 Å². The van der Waals surface area contributed by atoms with Crippen LogP contribution in [0.4, 0.5) is 5.82 Å². The SMILES string of the molecule is Cc1ccc(C)c(OCC(=O)Nc2c(-c3ccc(Br)cc3)c(C)nn2C)c1. The Morgan fingerprint density at radius 2 is 1.85 bits per heavy atom. The second-order valence-corrected chi connectivity index (χ2v) is 7.46. The van der Waals surface area contributed by atoms with Crippen molar-refractivity contribution in [2.24, 2.45) is 7.05 Å². The second kappa shape index (κ2) is 7.96. The van der Waals surface area contributed by atoms with E-state index in [1.54, 1.807) is 4.68 Å². The molecule has 1 N–H and O–H groups in total. The van der Waals surface area contributed by atoms with E-state index >= 15 is 0 Å². The highest BCUT2D eigenvalue weighted by molar-refractivity contribution is 9.10. The fourth-order valence-corrected chi connectivity index (χ4v) is 3.20. The molecule has 0 atom stereocenters. The summed E-state index contributed by atoms with van der Waals surface area (Å²) in [5.41, 5.74) is 4.85. The lowest BCUT2D eigenvalue weighted by Gasteiger charge is -2.12. The van der Waals surface area contributed by atoms with E-state index in [1.807, 2.05) is 70.3 Å². The van der Waals surface area contributed by atoms with Gasteiger partial charge in [-0.25, -0.2) is 0 Å². The Balaban J connectivity index is 1.78. The summed E-state index contributed by atoms with van der Waals surface area (Å²) in [7, 11) is 1.82. The number of hydrogen-bond acceptors (Lipinski definition) is 3. The lowest BCUT2D eigenvalue weighted by atomic mass is 10.1. The molecule has 140 valence electrons. The van der Waals surface area contributed by atoms with Crippen molar-refractivity contribution >= 4 is 27.7 Å². The number of carbonyl (C=O) groups is 1. The van der Waals surface area contributed by atoms with Crippen molar-refractivity contribution in [1.82, 2.24) is 9.78 Å². The molecule has 2 aromatic carbocycles. The van der Waals surface area contributed by atoms with Crippen LogP contribution in [0, 0.1) is 20.8 Å². The summed E-state index contributed by atoms with van der Waals surface area (Å²) in [6.07, 6.45) is 0. The van der Waals surface area contributed by atoms with Gasteiger partial charge >= 0.3 is 0 Å². The minimum Gasteiger partial charge on any atom is -0.483 e. The molecule has 0 saturated heterocycles. The first-order chi connectivity index (χ1) is 12.8. The number of aryl methyl sites for hydroxylation is 4. The van der Waals surface area contributed by atoms with Crippen molar-refractivity contribution in [3.63, 3.8) is 0 Å². The average Bonchev–Trinajstić information content (AvgIpc) is 2.90. The highest BCUT2D eigenvalue weighted by Gasteiger charge is 2.17. The molecule has 0 saturated carbocycles. The molecule has 27 heavy (non-hydrogen) atoms. The molecule has 0 fully saturated rings. The molecule has 3 aromatic rings. The highest BCUT2D eigenvalue weighted by atomic mass is 79.9. The van der Waals surface area contributed by atoms with Gasteiger partial charge in [-0.3, -0.25) is 9.48 Å². The molecule has 5 nitrogen and oxygen atoms in total. The van der Waals surface area contributed by atoms with Gasteiger partial charge in [-0.1, -0.05) is 40.2 Å². The van der Waals surface area contributed by atoms with Gasteiger partial charge in [0.15, 0.2) is 6.61 Å². The smallest absolute Gasteiger partial charge is 0.263 e. The Hall–Kier alpha value is -2.60. The van der Waals surface area contributed by atoms with E-state index in [9.17, 15) is 4.79 Å². The largest absolute Gasteiger partial charge is 0.483 e. The second-order valence-electron chi connectivity index (χ2n) is 6.55. The zero-order chi connectivity index (χ0) is 19.6. The number of ether oxygens (including phenoxy) is 1. The van der Waals surface area contributed by atoms with Gasteiger partial charge in [-0.05, 0) is 55.7 Å². The van der Waals surface area contributed by atoms with Crippen LogP contribution in [-0.2, 0) is 11.8 Å². The summed E-state index contributed by atoms with van der Waals surface area (Å²) in [5, 5.41) is 7.40. The van der Waals surface area contributed by atoms with E-state index in [4.69, 9.17) is 4.74 Å². The molecule has 0 aliphatic carbocycles. The summed E-state index contributed by atoms with van der Waals surface area (Å²) < 4.78 is 8.40. The molecule has 0 aliphatic rings. The van der Waals surface area contributed by atoms with Crippen LogP contribution >= 0.6 is 15.9 Å². The van der Waals surface area contributed by atoms with Gasteiger partial charge in [0, 0.05) is 17.1 Å². The number of amides is 1. The minimum absolute atomic E-state index is 0.0612. The predicted molar refractivity (Wildman–Crippen MR) is 111 cm³/mol. The molecule has 0 unspecified atom stereocenters. The normalized spacial score (nSPS) is 10.7. The van der Waals surface area contributed by atoms with Crippen LogP contribution in [0.5, 0.6) is 5.75 Å². The molecule has 3 rings (SSSR count). The lowest BCUT2D eigenvalue weighted by Crippen LogP contribution is -2.22. The highest BCUT2D eigenvalue weighted by Crippen LogP contribution is 2.31. The Morgan fingerprint density at radius 1 is 1.15 bits per heavy atom. The van der Waals surface area contributed by atoms with Crippen LogP contribution in [0.1, 0.15) is 16.8 Å². The number of aromatic nitrogens is 2. The number of hydrogen-bond donors (Lipinski definition) is 1. The number of anilines is 1. The van der Waals surface area contributed by atoms with Gasteiger partial charge in [-0.2, -0.15) is 5.10 Å². The van der Waals surface area contributed by atoms with Gasteiger partial charge in [-0.15, -0.1) is 0 Å². The predicted octanol–water partition coefficient (Wildman–Crippen LogP) is 4.79. The summed E-state index contributed by atoms with van der Waals surface area (Å²) in [4.78, 5) is 12.5. The fourth-order valence-electron chi connectivity index (χ4n) is 2.94. The van der Waals surface area contributed by atoms with Crippen molar-refractivity contribution < 1.29 is 9.53 Å². The molecule has 1 heterocycles. The third kappa shape index (κ3) is 4.39. The number of rotatable bonds is 5. The van der Waals surface area contributed by atoms with Gasteiger partial charge in [0.2, 0.25) is 0 Å². The van der Waals surface area contributed by atoms with E-state index in [1.165, 1.54) is 0 Å². The summed E-state index contributed by atoms with van der Waals surface area (Å²) in [6.45, 7) is 5.83. The van der Waals surface area contributed by atoms with Crippen molar-refractivity contribution in [2.75, 3.05) is 11.9 Å². The first-order valence-electron chi connectivity index (χ1n) is 8.64. The van der Waals surface area contributed by atoms with E-state index in [0.717, 1.165) is 38.2 Å². The molecular weight excluding hydrogens is 406 g/mol. The Morgan fingerprint density at radius 3 is 2.56 bits per heavy atom. The van der Waals surface area contributed by atoms with E-state index in [-0.39, 0.29) is 12.5 Å². The fraction of sp³-hybridized carbons (Fsp3) is 0.238. The number of nitrogens with zero attached hydrogens (tertiary/aromatic N) is 2. The van der Waals surface area contributed by atoms with Crippen LogP contribution < -0.4 is 10.1 Å². The molecule has 0 aliphatic heterocycles. The monoisotopic (exact) mass is 427 g/mol. The molecule has 0 bridgehead atoms. The standard InChI is InChI=1S/C21H22BrN3O2/c1-13-5-6-14(2)18(11-13)27-12-19(26)23-21-20(15(3)24-25(21)4)16-7-9-17(22)10-8-16/h5-11H,12H2,1-4H3,(H,23,26). The quantitative estimate of drug-likeness (QED) is 0.636. The molecule has 0 spiro atoms. The first-order valence-corrected chi connectivity index (χ1v) is 9.44. The van der Waals surface area contributed by atoms with Crippen molar-refractivity contribution in [3.8, 4) is 16.9 Å². The van der Waals surface area contributed by atoms with Crippen molar-refractivity contribution in [2.45, 2.75) is 20.8 Å². The van der Waals surface area contributed by atoms with Gasteiger partial charge in [0.25, 0.3) is 5.91 Å². The lowest BCUT2D eigenvalue weighted by molar-refractivity contribution is -0.118. The topological polar surface area (TPSA) is 56.1 Å². The molecule has 1 aromatic heterocycles. The minimum atomic E-state index is -0.225. The third-order valence-electron chi connectivity index (χ3n) is 4.32. The summed E-state index contributed by atoms with van der Waals surface area (Å²) in [6, 6.07) is 13.9. The van der Waals surface area contributed by atoms with Crippen LogP contribution in [0.15, 0.2) is 46.9 Å². The van der Waals surface area contributed by atoms with E-state index in [0.29, 0.717) is 5.82 Å². The molecule has 0 radical (unpaired) electrons. The maximum Gasteiger partial charge on any atom is 0.263 e. The number of halogens is 1. The first kappa shape index (κ1) is 19.2. The zero-order valence-electron chi connectivity index (χ0n) is 15.8. The number of benzene rings is 2. The Kier molecular flexibility index (Phi) is 5.65. The van der Waals surface area contributed by atoms with Crippen LogP contribution in [0.25, 0.3) is 11.1 Å². The average molecular weight is 428 g/mol. The molecule has 6 heteroatoms. The zero-order valence-corrected chi connectivity index (χ0v) is 17.4. The Bertz CT molecular complexity index is 978. The van der Waals surface area contributed by atoms with Crippen LogP contribution in [0.3, 0.4) is 0 Å². The number of carbonyl (C=O) groups excluding carboxylic acids is 1. The molecular formula is C21H22BrN3O2. The summed E-state index contributed by atoms with van der Waals surface area (Å²) >= 11 is 3.45.